The summed E-state index contributed by atoms with van der Waals surface area (Å²) in [6.07, 6.45) is 1.68. The molecule has 2 aromatic carbocycles. The van der Waals surface area contributed by atoms with Gasteiger partial charge in [0, 0.05) is 39.0 Å². The predicted molar refractivity (Wildman–Crippen MR) is 153 cm³/mol. The van der Waals surface area contributed by atoms with Crippen LogP contribution in [0.15, 0.2) is 48.5 Å². The zero-order valence-corrected chi connectivity index (χ0v) is 28.8. The fourth-order valence-corrected chi connectivity index (χ4v) is 4.04. The van der Waals surface area contributed by atoms with Gasteiger partial charge in [0.2, 0.25) is 0 Å². The first-order valence-electron chi connectivity index (χ1n) is 13.2. The van der Waals surface area contributed by atoms with E-state index in [1.165, 1.54) is 0 Å². The van der Waals surface area contributed by atoms with E-state index in [4.69, 9.17) is 20.4 Å². The van der Waals surface area contributed by atoms with E-state index < -0.39 is 45.5 Å². The second-order valence-electron chi connectivity index (χ2n) is 13.1. The van der Waals surface area contributed by atoms with Crippen molar-refractivity contribution >= 4 is 23.9 Å². The summed E-state index contributed by atoms with van der Waals surface area (Å²) in [4.78, 5) is 44.6. The van der Waals surface area contributed by atoms with E-state index in [1.807, 2.05) is 48.5 Å². The van der Waals surface area contributed by atoms with Crippen molar-refractivity contribution in [1.29, 1.82) is 0 Å². The van der Waals surface area contributed by atoms with E-state index in [-0.39, 0.29) is 39.0 Å². The first-order chi connectivity index (χ1) is 18.1. The van der Waals surface area contributed by atoms with E-state index in [0.29, 0.717) is 25.7 Å². The quantitative estimate of drug-likeness (QED) is 0.193. The SMILES string of the molecule is CC(C)(Cc1cccc(CC(C)(C)C(=O)O)c1)C(=O)O.CC(C)(Cc1cccc(CC(C)(C)C(=O)O)c1)C(=O)O.[Rh].[Rh]. The fraction of sp³-hybridized carbons (Fsp3) is 0.500. The van der Waals surface area contributed by atoms with Crippen molar-refractivity contribution in [2.75, 3.05) is 0 Å². The first kappa shape index (κ1) is 41.7. The number of aliphatic carboxylic acids is 4. The number of carboxylic acid groups (broad SMARTS) is 4. The Labute approximate surface area is 274 Å². The van der Waals surface area contributed by atoms with Gasteiger partial charge in [0.25, 0.3) is 0 Å². The van der Waals surface area contributed by atoms with Gasteiger partial charge in [0.1, 0.15) is 0 Å². The van der Waals surface area contributed by atoms with Crippen molar-refractivity contribution in [3.63, 3.8) is 0 Å². The smallest absolute Gasteiger partial charge is 0.309 e. The van der Waals surface area contributed by atoms with E-state index in [0.717, 1.165) is 22.3 Å². The Morgan fingerprint density at radius 1 is 0.452 bits per heavy atom. The molecule has 0 heterocycles. The maximum Gasteiger partial charge on any atom is 0.309 e. The van der Waals surface area contributed by atoms with Gasteiger partial charge in [-0.15, -0.1) is 0 Å². The van der Waals surface area contributed by atoms with Crippen molar-refractivity contribution in [3.8, 4) is 0 Å². The molecule has 0 unspecified atom stereocenters. The standard InChI is InChI=1S/2C16H22O4.2Rh/c2*1-15(2,13(17)18)9-11-6-5-7-12(8-11)10-16(3,4)14(19)20;;/h2*5-8H,9-10H2,1-4H3,(H,17,18)(H,19,20);;. The molecule has 0 amide bonds. The Kier molecular flexibility index (Phi) is 16.3. The second kappa shape index (κ2) is 16.4. The minimum atomic E-state index is -0.839. The summed E-state index contributed by atoms with van der Waals surface area (Å²) in [7, 11) is 0. The minimum absolute atomic E-state index is 0. The largest absolute Gasteiger partial charge is 0.481 e. The molecule has 0 saturated carbocycles. The van der Waals surface area contributed by atoms with Crippen LogP contribution in [0, 0.1) is 21.7 Å². The molecule has 10 heteroatoms. The van der Waals surface area contributed by atoms with Crippen molar-refractivity contribution in [2.45, 2.75) is 81.1 Å². The molecule has 0 aliphatic carbocycles. The van der Waals surface area contributed by atoms with E-state index in [2.05, 4.69) is 0 Å². The van der Waals surface area contributed by atoms with Crippen LogP contribution in [0.4, 0.5) is 0 Å². The van der Waals surface area contributed by atoms with Gasteiger partial charge in [-0.25, -0.2) is 0 Å². The Morgan fingerprint density at radius 3 is 0.762 bits per heavy atom. The predicted octanol–water partition coefficient (Wildman–Crippen LogP) is 5.98. The van der Waals surface area contributed by atoms with E-state index in [9.17, 15) is 19.2 Å². The van der Waals surface area contributed by atoms with Gasteiger partial charge < -0.3 is 20.4 Å². The average Bonchev–Trinajstić information content (AvgIpc) is 2.78. The third-order valence-electron chi connectivity index (χ3n) is 6.88. The second-order valence-corrected chi connectivity index (χ2v) is 13.1. The zero-order chi connectivity index (χ0) is 31.1. The Balaban J connectivity index is 0. The minimum Gasteiger partial charge on any atom is -0.481 e. The van der Waals surface area contributed by atoms with Gasteiger partial charge in [-0.05, 0) is 103 Å². The topological polar surface area (TPSA) is 149 Å². The van der Waals surface area contributed by atoms with Crippen molar-refractivity contribution in [1.82, 2.24) is 0 Å². The molecule has 238 valence electrons. The number of benzene rings is 2. The van der Waals surface area contributed by atoms with Crippen LogP contribution in [0.25, 0.3) is 0 Å². The molecule has 2 rings (SSSR count). The number of carbonyl (C=O) groups is 4. The molecule has 0 aliphatic heterocycles. The molecule has 0 bridgehead atoms. The van der Waals surface area contributed by atoms with Gasteiger partial charge >= 0.3 is 23.9 Å². The Hall–Kier alpha value is -2.43. The molecular weight excluding hydrogens is 718 g/mol. The van der Waals surface area contributed by atoms with Crippen molar-refractivity contribution < 1.29 is 78.6 Å². The molecule has 2 radical (unpaired) electrons. The van der Waals surface area contributed by atoms with Crippen LogP contribution in [0.3, 0.4) is 0 Å². The monoisotopic (exact) mass is 762 g/mol. The molecule has 2 aromatic rings. The van der Waals surface area contributed by atoms with Gasteiger partial charge in [-0.3, -0.25) is 19.2 Å². The van der Waals surface area contributed by atoms with Crippen LogP contribution in [-0.4, -0.2) is 44.3 Å². The molecule has 42 heavy (non-hydrogen) atoms. The summed E-state index contributed by atoms with van der Waals surface area (Å²) in [5.41, 5.74) is 0.323. The molecule has 0 atom stereocenters. The third-order valence-corrected chi connectivity index (χ3v) is 6.88. The van der Waals surface area contributed by atoms with E-state index in [1.54, 1.807) is 55.4 Å². The number of carboxylic acids is 4. The Morgan fingerprint density at radius 2 is 0.619 bits per heavy atom. The zero-order valence-electron chi connectivity index (χ0n) is 25.5. The van der Waals surface area contributed by atoms with Crippen molar-refractivity contribution in [3.05, 3.63) is 70.8 Å². The third kappa shape index (κ3) is 13.3. The molecular formula is C32H44O8Rh2. The van der Waals surface area contributed by atoms with Gasteiger partial charge in [0.05, 0.1) is 21.7 Å². The van der Waals surface area contributed by atoms with Crippen LogP contribution in [0.2, 0.25) is 0 Å². The van der Waals surface area contributed by atoms with Crippen LogP contribution in [-0.2, 0) is 83.8 Å². The normalized spacial score (nSPS) is 11.6. The number of rotatable bonds is 12. The number of hydrogen-bond donors (Lipinski definition) is 4. The van der Waals surface area contributed by atoms with Crippen LogP contribution >= 0.6 is 0 Å². The average molecular weight is 763 g/mol. The molecule has 0 aromatic heterocycles. The molecule has 8 nitrogen and oxygen atoms in total. The number of hydrogen-bond acceptors (Lipinski definition) is 4. The first-order valence-corrected chi connectivity index (χ1v) is 13.2. The summed E-state index contributed by atoms with van der Waals surface area (Å²) in [6.45, 7) is 13.5. The van der Waals surface area contributed by atoms with Crippen LogP contribution in [0.5, 0.6) is 0 Å². The molecule has 4 N–H and O–H groups in total. The van der Waals surface area contributed by atoms with E-state index >= 15 is 0 Å². The summed E-state index contributed by atoms with van der Waals surface area (Å²) in [5.74, 6) is -3.36. The summed E-state index contributed by atoms with van der Waals surface area (Å²) in [6, 6.07) is 15.0. The van der Waals surface area contributed by atoms with Gasteiger partial charge in [-0.1, -0.05) is 48.5 Å². The summed E-state index contributed by atoms with van der Waals surface area (Å²) >= 11 is 0. The van der Waals surface area contributed by atoms with Crippen LogP contribution < -0.4 is 0 Å². The van der Waals surface area contributed by atoms with Crippen molar-refractivity contribution in [2.24, 2.45) is 21.7 Å². The molecule has 0 aliphatic rings. The maximum atomic E-state index is 11.2. The van der Waals surface area contributed by atoms with Gasteiger partial charge in [-0.2, -0.15) is 0 Å². The maximum absolute atomic E-state index is 11.2. The fourth-order valence-electron chi connectivity index (χ4n) is 4.04. The summed E-state index contributed by atoms with van der Waals surface area (Å²) in [5, 5.41) is 36.6. The Bertz CT molecular complexity index is 1050. The molecule has 0 fully saturated rings. The van der Waals surface area contributed by atoms with Gasteiger partial charge in [0.15, 0.2) is 0 Å². The summed E-state index contributed by atoms with van der Waals surface area (Å²) < 4.78 is 0. The molecule has 0 spiro atoms. The molecule has 0 saturated heterocycles. The van der Waals surface area contributed by atoms with Crippen LogP contribution in [0.1, 0.15) is 77.6 Å².